The summed E-state index contributed by atoms with van der Waals surface area (Å²) in [5.41, 5.74) is 0.270. The number of carbonyl (C=O) groups is 1. The van der Waals surface area contributed by atoms with Gasteiger partial charge < -0.3 is 9.05 Å². The van der Waals surface area contributed by atoms with Crippen LogP contribution in [0.25, 0.3) is 0 Å². The average molecular weight is 257 g/mol. The zero-order valence-electron chi connectivity index (χ0n) is 9.96. The monoisotopic (exact) mass is 257 g/mol. The number of nitrogens with zero attached hydrogens (tertiary/aromatic N) is 1. The van der Waals surface area contributed by atoms with Gasteiger partial charge in [0.2, 0.25) is 0 Å². The highest BCUT2D eigenvalue weighted by Gasteiger charge is 2.28. The number of Topliss-reactive ketones (excluding diaryl/α,β-unsaturated/α-hetero) is 1. The number of pyridine rings is 1. The molecule has 0 aliphatic rings. The molecule has 1 rings (SSSR count). The van der Waals surface area contributed by atoms with E-state index in [4.69, 9.17) is 9.05 Å². The first-order valence-corrected chi connectivity index (χ1v) is 7.16. The van der Waals surface area contributed by atoms with Gasteiger partial charge >= 0.3 is 7.60 Å². The van der Waals surface area contributed by atoms with E-state index in [0.29, 0.717) is 0 Å². The predicted octanol–water partition coefficient (Wildman–Crippen LogP) is 2.53. The van der Waals surface area contributed by atoms with E-state index in [-0.39, 0.29) is 30.9 Å². The normalized spacial score (nSPS) is 11.4. The van der Waals surface area contributed by atoms with Gasteiger partial charge in [0.05, 0.1) is 13.2 Å². The number of ketones is 1. The molecule has 1 heterocycles. The van der Waals surface area contributed by atoms with Gasteiger partial charge in [-0.1, -0.05) is 6.07 Å². The average Bonchev–Trinajstić information content (AvgIpc) is 2.30. The lowest BCUT2D eigenvalue weighted by molar-refractivity contribution is 0.100. The Morgan fingerprint density at radius 3 is 2.41 bits per heavy atom. The molecule has 0 saturated heterocycles. The van der Waals surface area contributed by atoms with Crippen molar-refractivity contribution in [1.29, 1.82) is 0 Å². The largest absolute Gasteiger partial charge is 0.338 e. The van der Waals surface area contributed by atoms with Crippen molar-refractivity contribution in [2.24, 2.45) is 0 Å². The van der Waals surface area contributed by atoms with Crippen LogP contribution in [0.4, 0.5) is 0 Å². The Bertz CT molecular complexity index is 397. The number of aromatic nitrogens is 1. The fourth-order valence-corrected chi connectivity index (χ4v) is 2.86. The Balaban J connectivity index is 2.74. The maximum absolute atomic E-state index is 12.1. The Kier molecular flexibility index (Phi) is 5.48. The second kappa shape index (κ2) is 6.64. The van der Waals surface area contributed by atoms with Crippen LogP contribution < -0.4 is 0 Å². The number of hydrogen-bond acceptors (Lipinski definition) is 5. The molecule has 0 radical (unpaired) electrons. The molecule has 94 valence electrons. The molecule has 1 aromatic heterocycles. The zero-order valence-corrected chi connectivity index (χ0v) is 10.9. The van der Waals surface area contributed by atoms with E-state index in [0.717, 1.165) is 0 Å². The predicted molar refractivity (Wildman–Crippen MR) is 64.3 cm³/mol. The minimum Gasteiger partial charge on any atom is -0.309 e. The minimum absolute atomic E-state index is 0.243. The lowest BCUT2D eigenvalue weighted by Crippen LogP contribution is -2.11. The van der Waals surface area contributed by atoms with Crippen LogP contribution in [-0.4, -0.2) is 30.1 Å². The highest BCUT2D eigenvalue weighted by atomic mass is 31.2. The van der Waals surface area contributed by atoms with Crippen molar-refractivity contribution in [2.75, 3.05) is 19.4 Å². The molecule has 0 aliphatic heterocycles. The Hall–Kier alpha value is -1.03. The van der Waals surface area contributed by atoms with Crippen molar-refractivity contribution in [3.8, 4) is 0 Å². The molecule has 0 spiro atoms. The highest BCUT2D eigenvalue weighted by molar-refractivity contribution is 7.54. The van der Waals surface area contributed by atoms with E-state index >= 15 is 0 Å². The van der Waals surface area contributed by atoms with E-state index in [1.807, 2.05) is 0 Å². The topological polar surface area (TPSA) is 65.5 Å². The fourth-order valence-electron chi connectivity index (χ4n) is 1.31. The Labute approximate surface area is 101 Å². The molecule has 0 aliphatic carbocycles. The first kappa shape index (κ1) is 14.0. The molecular weight excluding hydrogens is 241 g/mol. The third-order valence-electron chi connectivity index (χ3n) is 1.94. The molecule has 17 heavy (non-hydrogen) atoms. The van der Waals surface area contributed by atoms with Gasteiger partial charge in [0.15, 0.2) is 5.78 Å². The maximum Gasteiger partial charge on any atom is 0.338 e. The molecule has 0 saturated carbocycles. The van der Waals surface area contributed by atoms with Crippen LogP contribution in [0.15, 0.2) is 24.4 Å². The first-order chi connectivity index (χ1) is 8.11. The van der Waals surface area contributed by atoms with Crippen molar-refractivity contribution >= 4 is 13.4 Å². The van der Waals surface area contributed by atoms with Crippen LogP contribution in [0.2, 0.25) is 0 Å². The van der Waals surface area contributed by atoms with Crippen molar-refractivity contribution in [2.45, 2.75) is 13.8 Å². The van der Waals surface area contributed by atoms with Crippen molar-refractivity contribution < 1.29 is 18.4 Å². The van der Waals surface area contributed by atoms with Gasteiger partial charge in [-0.3, -0.25) is 14.3 Å². The van der Waals surface area contributed by atoms with Crippen molar-refractivity contribution in [1.82, 2.24) is 4.98 Å². The lowest BCUT2D eigenvalue weighted by atomic mass is 10.3. The van der Waals surface area contributed by atoms with Gasteiger partial charge in [0.25, 0.3) is 0 Å². The van der Waals surface area contributed by atoms with Gasteiger partial charge in [0, 0.05) is 6.20 Å². The standard InChI is InChI=1S/C11H16NO4P/c1-3-15-17(14,16-4-2)9-11(13)10-7-5-6-8-12-10/h5-8H,3-4,9H2,1-2H3. The smallest absolute Gasteiger partial charge is 0.309 e. The van der Waals surface area contributed by atoms with Gasteiger partial charge in [0.1, 0.15) is 11.9 Å². The molecule has 0 aromatic carbocycles. The summed E-state index contributed by atoms with van der Waals surface area (Å²) in [5, 5.41) is 0. The number of hydrogen-bond donors (Lipinski definition) is 0. The summed E-state index contributed by atoms with van der Waals surface area (Å²) in [6.07, 6.45) is 1.24. The van der Waals surface area contributed by atoms with Crippen LogP contribution in [0, 0.1) is 0 Å². The summed E-state index contributed by atoms with van der Waals surface area (Å²) < 4.78 is 22.2. The van der Waals surface area contributed by atoms with Crippen LogP contribution >= 0.6 is 7.60 Å². The summed E-state index contributed by atoms with van der Waals surface area (Å²) in [6, 6.07) is 4.98. The van der Waals surface area contributed by atoms with Crippen LogP contribution in [0.5, 0.6) is 0 Å². The van der Waals surface area contributed by atoms with E-state index in [9.17, 15) is 9.36 Å². The third kappa shape index (κ3) is 4.38. The molecule has 1 aromatic rings. The summed E-state index contributed by atoms with van der Waals surface area (Å²) in [7, 11) is -3.33. The zero-order chi connectivity index (χ0) is 12.7. The molecule has 6 heteroatoms. The van der Waals surface area contributed by atoms with Crippen molar-refractivity contribution in [3.63, 3.8) is 0 Å². The van der Waals surface area contributed by atoms with E-state index in [1.165, 1.54) is 6.20 Å². The van der Waals surface area contributed by atoms with Crippen LogP contribution in [0.1, 0.15) is 24.3 Å². The highest BCUT2D eigenvalue weighted by Crippen LogP contribution is 2.48. The summed E-state index contributed by atoms with van der Waals surface area (Å²) in [4.78, 5) is 15.7. The molecule has 0 bridgehead atoms. The summed E-state index contributed by atoms with van der Waals surface area (Å²) in [6.45, 7) is 3.90. The molecule has 0 unspecified atom stereocenters. The SMILES string of the molecule is CCOP(=O)(CC(=O)c1ccccn1)OCC. The molecule has 5 nitrogen and oxygen atoms in total. The Morgan fingerprint density at radius 1 is 1.29 bits per heavy atom. The molecule has 0 fully saturated rings. The van der Waals surface area contributed by atoms with E-state index in [1.54, 1.807) is 32.0 Å². The minimum atomic E-state index is -3.33. The second-order valence-corrected chi connectivity index (χ2v) is 5.30. The van der Waals surface area contributed by atoms with Gasteiger partial charge in [-0.15, -0.1) is 0 Å². The third-order valence-corrected chi connectivity index (χ3v) is 3.92. The number of carbonyl (C=O) groups excluding carboxylic acids is 1. The molecule has 0 atom stereocenters. The van der Waals surface area contributed by atoms with Gasteiger partial charge in [-0.25, -0.2) is 0 Å². The fraction of sp³-hybridized carbons (Fsp3) is 0.455. The van der Waals surface area contributed by atoms with Gasteiger partial charge in [-0.05, 0) is 26.0 Å². The molecular formula is C11H16NO4P. The summed E-state index contributed by atoms with van der Waals surface area (Å²) in [5.74, 6) is -0.337. The second-order valence-electron chi connectivity index (χ2n) is 3.24. The molecule has 0 amide bonds. The maximum atomic E-state index is 12.1. The molecule has 0 N–H and O–H groups in total. The summed E-state index contributed by atoms with van der Waals surface area (Å²) >= 11 is 0. The van der Waals surface area contributed by atoms with Crippen LogP contribution in [0.3, 0.4) is 0 Å². The first-order valence-electron chi connectivity index (χ1n) is 5.43. The quantitative estimate of drug-likeness (QED) is 0.554. The van der Waals surface area contributed by atoms with E-state index in [2.05, 4.69) is 4.98 Å². The Morgan fingerprint density at radius 2 is 1.94 bits per heavy atom. The number of rotatable bonds is 7. The van der Waals surface area contributed by atoms with Crippen molar-refractivity contribution in [3.05, 3.63) is 30.1 Å². The lowest BCUT2D eigenvalue weighted by Gasteiger charge is -2.15. The van der Waals surface area contributed by atoms with Crippen LogP contribution in [-0.2, 0) is 13.6 Å². The van der Waals surface area contributed by atoms with E-state index < -0.39 is 7.60 Å². The van der Waals surface area contributed by atoms with Gasteiger partial charge in [-0.2, -0.15) is 0 Å².